The van der Waals surface area contributed by atoms with Crippen LogP contribution in [0.1, 0.15) is 5.69 Å². The van der Waals surface area contributed by atoms with Gasteiger partial charge in [0.05, 0.1) is 16.3 Å². The van der Waals surface area contributed by atoms with E-state index in [1.807, 2.05) is 56.3 Å². The summed E-state index contributed by atoms with van der Waals surface area (Å²) in [4.78, 5) is 16.5. The second-order valence-electron chi connectivity index (χ2n) is 5.20. The predicted molar refractivity (Wildman–Crippen MR) is 96.9 cm³/mol. The van der Waals surface area contributed by atoms with E-state index in [1.165, 1.54) is 0 Å². The summed E-state index contributed by atoms with van der Waals surface area (Å²) in [6.07, 6.45) is 1.75. The molecule has 118 valence electrons. The summed E-state index contributed by atoms with van der Waals surface area (Å²) in [5.74, 6) is 0.545. The number of hydrogen-bond donors (Lipinski definition) is 1. The molecule has 0 aliphatic carbocycles. The minimum Gasteiger partial charge on any atom is -0.354 e. The Labute approximate surface area is 144 Å². The molecule has 0 aliphatic heterocycles. The summed E-state index contributed by atoms with van der Waals surface area (Å²) < 4.78 is 0. The number of aryl methyl sites for hydroxylation is 1. The molecule has 0 amide bonds. The molecule has 2 heterocycles. The van der Waals surface area contributed by atoms with Crippen molar-refractivity contribution in [2.45, 2.75) is 6.92 Å². The highest BCUT2D eigenvalue weighted by molar-refractivity contribution is 7.19. The van der Waals surface area contributed by atoms with Gasteiger partial charge in [0.25, 0.3) is 0 Å². The molecule has 0 saturated carbocycles. The number of anilines is 3. The van der Waals surface area contributed by atoms with Gasteiger partial charge in [-0.2, -0.15) is 0 Å². The number of benzene rings is 1. The maximum absolute atomic E-state index is 5.90. The Balaban J connectivity index is 1.89. The van der Waals surface area contributed by atoms with Gasteiger partial charge in [-0.15, -0.1) is 0 Å². The number of thiazole rings is 1. The quantitative estimate of drug-likeness (QED) is 0.760. The van der Waals surface area contributed by atoms with E-state index >= 15 is 0 Å². The fourth-order valence-electron chi connectivity index (χ4n) is 2.02. The topological polar surface area (TPSA) is 53.9 Å². The zero-order chi connectivity index (χ0) is 16.4. The fourth-order valence-corrected chi connectivity index (χ4v) is 3.10. The molecule has 1 N–H and O–H groups in total. The van der Waals surface area contributed by atoms with E-state index in [4.69, 9.17) is 11.6 Å². The monoisotopic (exact) mass is 345 g/mol. The van der Waals surface area contributed by atoms with Crippen molar-refractivity contribution in [1.29, 1.82) is 0 Å². The van der Waals surface area contributed by atoms with E-state index < -0.39 is 0 Å². The Kier molecular flexibility index (Phi) is 4.45. The van der Waals surface area contributed by atoms with Gasteiger partial charge in [-0.1, -0.05) is 22.9 Å². The van der Waals surface area contributed by atoms with Crippen LogP contribution in [-0.4, -0.2) is 29.0 Å². The molecule has 3 rings (SSSR count). The summed E-state index contributed by atoms with van der Waals surface area (Å²) >= 11 is 7.51. The van der Waals surface area contributed by atoms with Crippen molar-refractivity contribution in [3.05, 3.63) is 47.2 Å². The lowest BCUT2D eigenvalue weighted by Crippen LogP contribution is -2.07. The predicted octanol–water partition coefficient (Wildman–Crippen LogP) is 4.37. The van der Waals surface area contributed by atoms with Crippen molar-refractivity contribution in [2.24, 2.45) is 0 Å². The van der Waals surface area contributed by atoms with Crippen molar-refractivity contribution >= 4 is 39.7 Å². The lowest BCUT2D eigenvalue weighted by atomic mass is 10.3. The average Bonchev–Trinajstić information content (AvgIpc) is 2.92. The molecule has 0 fully saturated rings. The van der Waals surface area contributed by atoms with Crippen LogP contribution in [0.5, 0.6) is 0 Å². The highest BCUT2D eigenvalue weighted by Gasteiger charge is 2.13. The SMILES string of the molecule is Cc1nc(N(C)C)sc1-c1ccnc(Nc2ccc(Cl)cc2)n1. The average molecular weight is 346 g/mol. The van der Waals surface area contributed by atoms with Crippen molar-refractivity contribution in [3.63, 3.8) is 0 Å². The maximum Gasteiger partial charge on any atom is 0.227 e. The summed E-state index contributed by atoms with van der Waals surface area (Å²) in [6.45, 7) is 1.99. The molecular formula is C16H16ClN5S. The molecule has 0 aliphatic rings. The third kappa shape index (κ3) is 3.60. The van der Waals surface area contributed by atoms with Crippen LogP contribution >= 0.6 is 22.9 Å². The van der Waals surface area contributed by atoms with Gasteiger partial charge in [0, 0.05) is 31.0 Å². The Morgan fingerprint density at radius 3 is 2.48 bits per heavy atom. The van der Waals surface area contributed by atoms with Crippen molar-refractivity contribution in [2.75, 3.05) is 24.3 Å². The van der Waals surface area contributed by atoms with Crippen LogP contribution in [0.4, 0.5) is 16.8 Å². The first kappa shape index (κ1) is 15.7. The second kappa shape index (κ2) is 6.52. The highest BCUT2D eigenvalue weighted by atomic mass is 35.5. The lowest BCUT2D eigenvalue weighted by Gasteiger charge is -2.06. The van der Waals surface area contributed by atoms with Gasteiger partial charge in [0.2, 0.25) is 5.95 Å². The van der Waals surface area contributed by atoms with Gasteiger partial charge >= 0.3 is 0 Å². The van der Waals surface area contributed by atoms with Crippen LogP contribution in [0.3, 0.4) is 0 Å². The van der Waals surface area contributed by atoms with Gasteiger partial charge in [0.1, 0.15) is 0 Å². The van der Waals surface area contributed by atoms with Crippen LogP contribution in [0, 0.1) is 6.92 Å². The summed E-state index contributed by atoms with van der Waals surface area (Å²) in [7, 11) is 3.96. The van der Waals surface area contributed by atoms with Crippen LogP contribution < -0.4 is 10.2 Å². The van der Waals surface area contributed by atoms with Crippen LogP contribution in [0.15, 0.2) is 36.5 Å². The Morgan fingerprint density at radius 1 is 1.09 bits per heavy atom. The molecule has 0 spiro atoms. The van der Waals surface area contributed by atoms with E-state index in [0.29, 0.717) is 11.0 Å². The lowest BCUT2D eigenvalue weighted by molar-refractivity contribution is 1.09. The maximum atomic E-state index is 5.90. The first-order chi connectivity index (χ1) is 11.0. The number of hydrogen-bond acceptors (Lipinski definition) is 6. The molecule has 0 atom stereocenters. The van der Waals surface area contributed by atoms with Gasteiger partial charge in [-0.3, -0.25) is 0 Å². The largest absolute Gasteiger partial charge is 0.354 e. The summed E-state index contributed by atoms with van der Waals surface area (Å²) in [6, 6.07) is 9.32. The van der Waals surface area contributed by atoms with Gasteiger partial charge in [0.15, 0.2) is 5.13 Å². The first-order valence-corrected chi connectivity index (χ1v) is 8.23. The Bertz CT molecular complexity index is 814. The third-order valence-electron chi connectivity index (χ3n) is 3.16. The summed E-state index contributed by atoms with van der Waals surface area (Å²) in [5.41, 5.74) is 2.72. The minimum atomic E-state index is 0.545. The molecule has 7 heteroatoms. The zero-order valence-electron chi connectivity index (χ0n) is 13.0. The molecule has 23 heavy (non-hydrogen) atoms. The van der Waals surface area contributed by atoms with Crippen LogP contribution in [-0.2, 0) is 0 Å². The number of rotatable bonds is 4. The number of halogens is 1. The molecule has 2 aromatic heterocycles. The molecule has 0 radical (unpaired) electrons. The first-order valence-electron chi connectivity index (χ1n) is 7.03. The molecule has 0 unspecified atom stereocenters. The highest BCUT2D eigenvalue weighted by Crippen LogP contribution is 2.33. The molecule has 1 aromatic carbocycles. The number of nitrogens with one attached hydrogen (secondary N) is 1. The number of nitrogens with zero attached hydrogens (tertiary/aromatic N) is 4. The van der Waals surface area contributed by atoms with E-state index in [-0.39, 0.29) is 0 Å². The Hall–Kier alpha value is -2.18. The van der Waals surface area contributed by atoms with E-state index in [2.05, 4.69) is 20.3 Å². The van der Waals surface area contributed by atoms with Gasteiger partial charge in [-0.05, 0) is 37.3 Å². The third-order valence-corrected chi connectivity index (χ3v) is 4.76. The smallest absolute Gasteiger partial charge is 0.227 e. The van der Waals surface area contributed by atoms with E-state index in [0.717, 1.165) is 27.1 Å². The standard InChI is InChI=1S/C16H16ClN5S/c1-10-14(23-16(19-10)22(2)3)13-8-9-18-15(21-13)20-12-6-4-11(17)5-7-12/h4-9H,1-3H3,(H,18,20,21). The van der Waals surface area contributed by atoms with Gasteiger partial charge in [-0.25, -0.2) is 15.0 Å². The Morgan fingerprint density at radius 2 is 1.83 bits per heavy atom. The fraction of sp³-hybridized carbons (Fsp3) is 0.188. The molecule has 5 nitrogen and oxygen atoms in total. The normalized spacial score (nSPS) is 10.6. The van der Waals surface area contributed by atoms with E-state index in [9.17, 15) is 0 Å². The van der Waals surface area contributed by atoms with Crippen LogP contribution in [0.25, 0.3) is 10.6 Å². The summed E-state index contributed by atoms with van der Waals surface area (Å²) in [5, 5.41) is 4.84. The zero-order valence-corrected chi connectivity index (χ0v) is 14.6. The molecule has 0 bridgehead atoms. The van der Waals surface area contributed by atoms with E-state index in [1.54, 1.807) is 17.5 Å². The van der Waals surface area contributed by atoms with Crippen molar-refractivity contribution in [1.82, 2.24) is 15.0 Å². The van der Waals surface area contributed by atoms with Crippen LogP contribution in [0.2, 0.25) is 5.02 Å². The van der Waals surface area contributed by atoms with Crippen molar-refractivity contribution in [3.8, 4) is 10.6 Å². The molecular weight excluding hydrogens is 330 g/mol. The van der Waals surface area contributed by atoms with Crippen molar-refractivity contribution < 1.29 is 0 Å². The minimum absolute atomic E-state index is 0.545. The number of aromatic nitrogens is 3. The van der Waals surface area contributed by atoms with Gasteiger partial charge < -0.3 is 10.2 Å². The second-order valence-corrected chi connectivity index (χ2v) is 6.62. The molecule has 3 aromatic rings. The molecule has 0 saturated heterocycles.